The van der Waals surface area contributed by atoms with Crippen LogP contribution < -0.4 is 10.9 Å². The van der Waals surface area contributed by atoms with Crippen LogP contribution in [0.1, 0.15) is 23.8 Å². The van der Waals surface area contributed by atoms with Gasteiger partial charge in [0.25, 0.3) is 0 Å². The van der Waals surface area contributed by atoms with Gasteiger partial charge in [-0.05, 0) is 19.4 Å². The Kier molecular flexibility index (Phi) is 3.44. The largest absolute Gasteiger partial charge is 0.316 e. The molecule has 2 aromatic heterocycles. The molecule has 0 radical (unpaired) electrons. The van der Waals surface area contributed by atoms with Crippen LogP contribution in [0.25, 0.3) is 16.2 Å². The predicted octanol–water partition coefficient (Wildman–Crippen LogP) is 1.68. The van der Waals surface area contributed by atoms with Gasteiger partial charge in [-0.15, -0.1) is 10.2 Å². The molecular formula is C15H15N5OS. The third-order valence-electron chi connectivity index (χ3n) is 3.90. The number of benzene rings is 1. The lowest BCUT2D eigenvalue weighted by atomic mass is 10.0. The Hall–Kier alpha value is -2.12. The Morgan fingerprint density at radius 2 is 2.09 bits per heavy atom. The Bertz CT molecular complexity index is 851. The third-order valence-corrected chi connectivity index (χ3v) is 4.96. The second kappa shape index (κ2) is 5.58. The first-order chi connectivity index (χ1) is 10.8. The highest BCUT2D eigenvalue weighted by Gasteiger charge is 2.21. The number of rotatable bonds is 2. The highest BCUT2D eigenvalue weighted by molar-refractivity contribution is 7.16. The van der Waals surface area contributed by atoms with Crippen LogP contribution in [0, 0.1) is 0 Å². The summed E-state index contributed by atoms with van der Waals surface area (Å²) >= 11 is 1.46. The molecule has 0 aliphatic carbocycles. The van der Waals surface area contributed by atoms with E-state index in [0.29, 0.717) is 16.6 Å². The number of aromatic nitrogens is 4. The summed E-state index contributed by atoms with van der Waals surface area (Å²) in [5.41, 5.74) is 0.905. The van der Waals surface area contributed by atoms with E-state index in [1.165, 1.54) is 15.9 Å². The van der Waals surface area contributed by atoms with Crippen molar-refractivity contribution in [2.24, 2.45) is 0 Å². The van der Waals surface area contributed by atoms with E-state index < -0.39 is 0 Å². The molecule has 4 rings (SSSR count). The molecule has 22 heavy (non-hydrogen) atoms. The summed E-state index contributed by atoms with van der Waals surface area (Å²) in [5.74, 6) is 0.361. The summed E-state index contributed by atoms with van der Waals surface area (Å²) in [6.07, 6.45) is 2.23. The number of nitrogens with one attached hydrogen (secondary N) is 1. The van der Waals surface area contributed by atoms with Gasteiger partial charge in [0, 0.05) is 18.0 Å². The topological polar surface area (TPSA) is 72.2 Å². The fraction of sp³-hybridized carbons (Fsp3) is 0.333. The molecule has 1 fully saturated rings. The summed E-state index contributed by atoms with van der Waals surface area (Å²) in [6.45, 7) is 1.97. The fourth-order valence-electron chi connectivity index (χ4n) is 2.73. The van der Waals surface area contributed by atoms with Crippen molar-refractivity contribution >= 4 is 16.3 Å². The minimum absolute atomic E-state index is 0.206. The minimum atomic E-state index is -0.206. The lowest BCUT2D eigenvalue weighted by molar-refractivity contribution is 0.457. The fourth-order valence-corrected chi connectivity index (χ4v) is 3.70. The van der Waals surface area contributed by atoms with Crippen molar-refractivity contribution in [2.75, 3.05) is 13.1 Å². The standard InChI is InChI=1S/C15H15N5OS/c21-14-12(10-5-2-1-3-6-10)17-18-15-20(14)19-13(22-15)11-7-4-8-16-9-11/h1-3,5-6,11,16H,4,7-9H2. The van der Waals surface area contributed by atoms with Crippen LogP contribution in [0.3, 0.4) is 0 Å². The molecule has 1 aliphatic rings. The van der Waals surface area contributed by atoms with Gasteiger partial charge in [0.05, 0.1) is 0 Å². The highest BCUT2D eigenvalue weighted by Crippen LogP contribution is 2.26. The maximum absolute atomic E-state index is 12.6. The van der Waals surface area contributed by atoms with E-state index in [1.54, 1.807) is 0 Å². The molecule has 3 aromatic rings. The Labute approximate surface area is 130 Å². The van der Waals surface area contributed by atoms with Crippen LogP contribution in [0.15, 0.2) is 35.1 Å². The summed E-state index contributed by atoms with van der Waals surface area (Å²) in [4.78, 5) is 13.2. The molecule has 0 amide bonds. The van der Waals surface area contributed by atoms with Gasteiger partial charge in [-0.3, -0.25) is 4.79 Å². The number of hydrogen-bond donors (Lipinski definition) is 1. The average molecular weight is 313 g/mol. The minimum Gasteiger partial charge on any atom is -0.316 e. The van der Waals surface area contributed by atoms with E-state index in [9.17, 15) is 4.79 Å². The quantitative estimate of drug-likeness (QED) is 0.779. The van der Waals surface area contributed by atoms with Crippen LogP contribution in [0.5, 0.6) is 0 Å². The van der Waals surface area contributed by atoms with Crippen LogP contribution in [-0.2, 0) is 0 Å². The van der Waals surface area contributed by atoms with Gasteiger partial charge in [0.1, 0.15) is 5.01 Å². The van der Waals surface area contributed by atoms with Gasteiger partial charge < -0.3 is 5.32 Å². The molecule has 1 saturated heterocycles. The van der Waals surface area contributed by atoms with Crippen molar-refractivity contribution < 1.29 is 0 Å². The Morgan fingerprint density at radius 1 is 1.23 bits per heavy atom. The zero-order valence-corrected chi connectivity index (χ0v) is 12.7. The number of nitrogens with zero attached hydrogens (tertiary/aromatic N) is 4. The molecule has 1 aromatic carbocycles. The molecule has 6 nitrogen and oxygen atoms in total. The van der Waals surface area contributed by atoms with Crippen LogP contribution in [0.4, 0.5) is 0 Å². The first-order valence-corrected chi connectivity index (χ1v) is 8.17. The predicted molar refractivity (Wildman–Crippen MR) is 85.2 cm³/mol. The van der Waals surface area contributed by atoms with E-state index >= 15 is 0 Å². The highest BCUT2D eigenvalue weighted by atomic mass is 32.1. The summed E-state index contributed by atoms with van der Waals surface area (Å²) in [6, 6.07) is 9.38. The molecule has 3 heterocycles. The van der Waals surface area contributed by atoms with Gasteiger partial charge in [-0.2, -0.15) is 9.61 Å². The second-order valence-electron chi connectivity index (χ2n) is 5.40. The number of hydrogen-bond acceptors (Lipinski definition) is 6. The normalized spacial score (nSPS) is 18.6. The molecule has 1 aliphatic heterocycles. The van der Waals surface area contributed by atoms with Crippen molar-refractivity contribution in [3.63, 3.8) is 0 Å². The molecule has 0 bridgehead atoms. The van der Waals surface area contributed by atoms with Crippen molar-refractivity contribution in [1.29, 1.82) is 0 Å². The Balaban J connectivity index is 1.80. The maximum atomic E-state index is 12.6. The second-order valence-corrected chi connectivity index (χ2v) is 6.39. The lowest BCUT2D eigenvalue weighted by Gasteiger charge is -2.19. The molecular weight excluding hydrogens is 298 g/mol. The average Bonchev–Trinajstić information content (AvgIpc) is 3.02. The molecule has 1 atom stereocenters. The summed E-state index contributed by atoms with van der Waals surface area (Å²) < 4.78 is 1.39. The van der Waals surface area contributed by atoms with Crippen molar-refractivity contribution in [2.45, 2.75) is 18.8 Å². The summed E-state index contributed by atoms with van der Waals surface area (Å²) in [5, 5.41) is 17.1. The van der Waals surface area contributed by atoms with Crippen LogP contribution >= 0.6 is 11.3 Å². The van der Waals surface area contributed by atoms with Gasteiger partial charge in [0.15, 0.2) is 5.69 Å². The van der Waals surface area contributed by atoms with Crippen LogP contribution in [0.2, 0.25) is 0 Å². The third kappa shape index (κ3) is 2.32. The molecule has 0 saturated carbocycles. The van der Waals surface area contributed by atoms with E-state index in [0.717, 1.165) is 36.5 Å². The number of fused-ring (bicyclic) bond motifs is 1. The van der Waals surface area contributed by atoms with Gasteiger partial charge in [-0.25, -0.2) is 0 Å². The monoisotopic (exact) mass is 313 g/mol. The van der Waals surface area contributed by atoms with Gasteiger partial charge in [-0.1, -0.05) is 41.7 Å². The van der Waals surface area contributed by atoms with E-state index in [2.05, 4.69) is 20.6 Å². The van der Waals surface area contributed by atoms with Crippen molar-refractivity contribution in [1.82, 2.24) is 25.1 Å². The Morgan fingerprint density at radius 3 is 2.86 bits per heavy atom. The molecule has 0 spiro atoms. The molecule has 1 unspecified atom stereocenters. The van der Waals surface area contributed by atoms with E-state index in [-0.39, 0.29) is 5.56 Å². The lowest BCUT2D eigenvalue weighted by Crippen LogP contribution is -2.28. The molecule has 7 heteroatoms. The van der Waals surface area contributed by atoms with Crippen molar-refractivity contribution in [3.8, 4) is 11.3 Å². The first-order valence-electron chi connectivity index (χ1n) is 7.35. The zero-order chi connectivity index (χ0) is 14.9. The van der Waals surface area contributed by atoms with E-state index in [4.69, 9.17) is 0 Å². The van der Waals surface area contributed by atoms with Gasteiger partial charge in [0.2, 0.25) is 4.96 Å². The van der Waals surface area contributed by atoms with Gasteiger partial charge >= 0.3 is 5.56 Å². The SMILES string of the molecule is O=c1c(-c2ccccc2)nnc2sc(C3CCCNC3)nn12. The molecule has 112 valence electrons. The zero-order valence-electron chi connectivity index (χ0n) is 11.9. The van der Waals surface area contributed by atoms with Crippen LogP contribution in [-0.4, -0.2) is 32.9 Å². The molecule has 1 N–H and O–H groups in total. The summed E-state index contributed by atoms with van der Waals surface area (Å²) in [7, 11) is 0. The maximum Gasteiger partial charge on any atom is 0.302 e. The van der Waals surface area contributed by atoms with E-state index in [1.807, 2.05) is 30.3 Å². The smallest absolute Gasteiger partial charge is 0.302 e. The first kappa shape index (κ1) is 13.5. The number of piperidine rings is 1. The van der Waals surface area contributed by atoms with Crippen molar-refractivity contribution in [3.05, 3.63) is 45.7 Å².